The Morgan fingerprint density at radius 3 is 2.35 bits per heavy atom. The quantitative estimate of drug-likeness (QED) is 0.360. The number of hydrogen-bond donors (Lipinski definition) is 0. The summed E-state index contributed by atoms with van der Waals surface area (Å²) in [5, 5.41) is 0. The average molecular weight is 506 g/mol. The lowest BCUT2D eigenvalue weighted by molar-refractivity contribution is 0.132. The number of nitrogens with zero attached hydrogens (tertiary/aromatic N) is 7. The molecule has 1 aliphatic heterocycles. The van der Waals surface area contributed by atoms with Gasteiger partial charge in [0.15, 0.2) is 11.6 Å². The van der Waals surface area contributed by atoms with Gasteiger partial charge in [-0.05, 0) is 51.1 Å². The smallest absolute Gasteiger partial charge is 0.167 e. The summed E-state index contributed by atoms with van der Waals surface area (Å²) >= 11 is 0. The molecule has 0 N–H and O–H groups in total. The molecule has 4 aromatic rings. The maximum absolute atomic E-state index is 15.0. The van der Waals surface area contributed by atoms with Crippen LogP contribution in [0.4, 0.5) is 8.78 Å². The Morgan fingerprint density at radius 1 is 0.919 bits per heavy atom. The minimum absolute atomic E-state index is 0.0720. The predicted molar refractivity (Wildman–Crippen MR) is 140 cm³/mol. The molecule has 0 aliphatic carbocycles. The van der Waals surface area contributed by atoms with Crippen LogP contribution in [0.3, 0.4) is 0 Å². The van der Waals surface area contributed by atoms with E-state index in [1.54, 1.807) is 6.07 Å². The molecule has 9 heteroatoms. The van der Waals surface area contributed by atoms with Crippen molar-refractivity contribution in [2.75, 3.05) is 32.7 Å². The number of hydrogen-bond acceptors (Lipinski definition) is 6. The second-order valence-corrected chi connectivity index (χ2v) is 9.98. The monoisotopic (exact) mass is 505 g/mol. The van der Waals surface area contributed by atoms with Crippen molar-refractivity contribution < 1.29 is 8.78 Å². The van der Waals surface area contributed by atoms with E-state index >= 15 is 0 Å². The number of piperazine rings is 1. The first-order valence-electron chi connectivity index (χ1n) is 12.9. The summed E-state index contributed by atoms with van der Waals surface area (Å²) < 4.78 is 31.7. The van der Waals surface area contributed by atoms with Crippen LogP contribution in [-0.2, 0) is 13.0 Å². The minimum Gasteiger partial charge on any atom is -0.326 e. The molecule has 0 bridgehead atoms. The zero-order valence-corrected chi connectivity index (χ0v) is 21.9. The number of imidazole rings is 1. The largest absolute Gasteiger partial charge is 0.326 e. The molecule has 1 fully saturated rings. The van der Waals surface area contributed by atoms with Crippen LogP contribution >= 0.6 is 0 Å². The molecular weight excluding hydrogens is 472 g/mol. The van der Waals surface area contributed by atoms with E-state index in [1.807, 2.05) is 37.6 Å². The summed E-state index contributed by atoms with van der Waals surface area (Å²) in [6, 6.07) is 7.18. The third-order valence-corrected chi connectivity index (χ3v) is 7.05. The van der Waals surface area contributed by atoms with Crippen LogP contribution in [0.2, 0.25) is 0 Å². The van der Waals surface area contributed by atoms with E-state index in [9.17, 15) is 8.78 Å². The molecule has 7 nitrogen and oxygen atoms in total. The summed E-state index contributed by atoms with van der Waals surface area (Å²) in [5.41, 5.74) is 3.29. The summed E-state index contributed by atoms with van der Waals surface area (Å²) in [7, 11) is 0. The molecule has 1 aromatic carbocycles. The molecule has 37 heavy (non-hydrogen) atoms. The van der Waals surface area contributed by atoms with Crippen molar-refractivity contribution in [3.05, 3.63) is 71.2 Å². The summed E-state index contributed by atoms with van der Waals surface area (Å²) in [6.45, 7) is 14.4. The van der Waals surface area contributed by atoms with Gasteiger partial charge in [-0.15, -0.1) is 0 Å². The maximum Gasteiger partial charge on any atom is 0.167 e. The lowest BCUT2D eigenvalue weighted by Gasteiger charge is -2.33. The fourth-order valence-electron chi connectivity index (χ4n) is 5.09. The van der Waals surface area contributed by atoms with E-state index in [0.717, 1.165) is 56.7 Å². The molecule has 0 saturated carbocycles. The highest BCUT2D eigenvalue weighted by Crippen LogP contribution is 2.30. The standard InChI is InChI=1S/C28H33F2N7/c1-5-35-8-10-36(11-9-35)17-20-6-7-22(31-15-20)14-26-32-16-24(30)27(34-26)21-12-23(29)28-25(13-21)37(18(2)3)19(4)33-28/h6-7,12-13,15-16,18H,5,8-11,14,17H2,1-4H3. The van der Waals surface area contributed by atoms with Crippen LogP contribution < -0.4 is 0 Å². The molecule has 0 atom stereocenters. The fraction of sp³-hybridized carbons (Fsp3) is 0.429. The molecule has 1 saturated heterocycles. The first kappa shape index (κ1) is 25.4. The molecule has 0 unspecified atom stereocenters. The van der Waals surface area contributed by atoms with Crippen molar-refractivity contribution >= 4 is 11.0 Å². The van der Waals surface area contributed by atoms with Gasteiger partial charge in [0, 0.05) is 56.2 Å². The zero-order valence-electron chi connectivity index (χ0n) is 21.9. The number of rotatable bonds is 7. The third-order valence-electron chi connectivity index (χ3n) is 7.05. The van der Waals surface area contributed by atoms with Gasteiger partial charge in [-0.3, -0.25) is 9.88 Å². The van der Waals surface area contributed by atoms with E-state index in [4.69, 9.17) is 0 Å². The van der Waals surface area contributed by atoms with E-state index in [-0.39, 0.29) is 17.3 Å². The molecule has 3 aromatic heterocycles. The summed E-state index contributed by atoms with van der Waals surface area (Å²) in [5.74, 6) is 0.0493. The Bertz CT molecular complexity index is 1390. The highest BCUT2D eigenvalue weighted by molar-refractivity contribution is 5.82. The van der Waals surface area contributed by atoms with Gasteiger partial charge in [-0.25, -0.2) is 23.7 Å². The Kier molecular flexibility index (Phi) is 7.26. The Labute approximate surface area is 216 Å². The minimum atomic E-state index is -0.596. The molecule has 5 rings (SSSR count). The number of benzene rings is 1. The van der Waals surface area contributed by atoms with Crippen LogP contribution in [0, 0.1) is 18.6 Å². The fourth-order valence-corrected chi connectivity index (χ4v) is 5.09. The molecular formula is C28H33F2N7. The van der Waals surface area contributed by atoms with Crippen molar-refractivity contribution in [2.24, 2.45) is 0 Å². The second-order valence-electron chi connectivity index (χ2n) is 9.98. The van der Waals surface area contributed by atoms with E-state index in [1.165, 1.54) is 6.07 Å². The summed E-state index contributed by atoms with van der Waals surface area (Å²) in [4.78, 5) is 22.5. The Balaban J connectivity index is 1.35. The number of likely N-dealkylation sites (N-methyl/N-ethyl adjacent to an activating group) is 1. The lowest BCUT2D eigenvalue weighted by Crippen LogP contribution is -2.45. The van der Waals surface area contributed by atoms with Gasteiger partial charge in [-0.2, -0.15) is 0 Å². The van der Waals surface area contributed by atoms with Crippen molar-refractivity contribution in [3.63, 3.8) is 0 Å². The Morgan fingerprint density at radius 2 is 1.68 bits per heavy atom. The normalized spacial score (nSPS) is 15.2. The van der Waals surface area contributed by atoms with Crippen LogP contribution in [-0.4, -0.2) is 67.0 Å². The molecule has 0 radical (unpaired) electrons. The maximum atomic E-state index is 15.0. The van der Waals surface area contributed by atoms with Crippen LogP contribution in [0.1, 0.15) is 49.7 Å². The number of halogens is 2. The van der Waals surface area contributed by atoms with E-state index in [2.05, 4.69) is 42.7 Å². The summed E-state index contributed by atoms with van der Waals surface area (Å²) in [6.07, 6.45) is 3.40. The molecule has 1 aliphatic rings. The van der Waals surface area contributed by atoms with Crippen LogP contribution in [0.25, 0.3) is 22.3 Å². The van der Waals surface area contributed by atoms with Gasteiger partial charge in [-0.1, -0.05) is 13.0 Å². The van der Waals surface area contributed by atoms with Gasteiger partial charge in [0.25, 0.3) is 0 Å². The SMILES string of the molecule is CCN1CCN(Cc2ccc(Cc3ncc(F)c(-c4cc(F)c5nc(C)n(C(C)C)c5c4)n3)nc2)CC1. The first-order valence-corrected chi connectivity index (χ1v) is 12.9. The molecule has 4 heterocycles. The van der Waals surface area contributed by atoms with Crippen molar-refractivity contribution in [1.82, 2.24) is 34.3 Å². The second kappa shape index (κ2) is 10.6. The van der Waals surface area contributed by atoms with Crippen molar-refractivity contribution in [2.45, 2.75) is 46.7 Å². The van der Waals surface area contributed by atoms with Gasteiger partial charge in [0.1, 0.15) is 22.9 Å². The zero-order chi connectivity index (χ0) is 26.1. The molecule has 0 amide bonds. The number of pyridine rings is 1. The molecule has 194 valence electrons. The van der Waals surface area contributed by atoms with Gasteiger partial charge >= 0.3 is 0 Å². The molecule has 0 spiro atoms. The van der Waals surface area contributed by atoms with E-state index in [0.29, 0.717) is 29.1 Å². The Hall–Kier alpha value is -3.30. The predicted octanol–water partition coefficient (Wildman–Crippen LogP) is 4.78. The van der Waals surface area contributed by atoms with Gasteiger partial charge in [0.2, 0.25) is 0 Å². The van der Waals surface area contributed by atoms with Gasteiger partial charge < -0.3 is 9.47 Å². The lowest BCUT2D eigenvalue weighted by atomic mass is 10.1. The number of aryl methyl sites for hydroxylation is 1. The number of aromatic nitrogens is 5. The van der Waals surface area contributed by atoms with E-state index < -0.39 is 11.6 Å². The van der Waals surface area contributed by atoms with Gasteiger partial charge in [0.05, 0.1) is 18.1 Å². The van der Waals surface area contributed by atoms with Crippen LogP contribution in [0.15, 0.2) is 36.7 Å². The van der Waals surface area contributed by atoms with Crippen molar-refractivity contribution in [3.8, 4) is 11.3 Å². The van der Waals surface area contributed by atoms with Crippen molar-refractivity contribution in [1.29, 1.82) is 0 Å². The first-order chi connectivity index (χ1) is 17.8. The topological polar surface area (TPSA) is 63.0 Å². The number of fused-ring (bicyclic) bond motifs is 1. The highest BCUT2D eigenvalue weighted by atomic mass is 19.1. The third kappa shape index (κ3) is 5.38. The highest BCUT2D eigenvalue weighted by Gasteiger charge is 2.19. The van der Waals surface area contributed by atoms with Crippen LogP contribution in [0.5, 0.6) is 0 Å². The average Bonchev–Trinajstić information content (AvgIpc) is 3.23.